The molecule has 1 heterocycles. The van der Waals surface area contributed by atoms with Gasteiger partial charge in [0, 0.05) is 25.0 Å². The average molecular weight is 269 g/mol. The van der Waals surface area contributed by atoms with Gasteiger partial charge in [0.1, 0.15) is 0 Å². The van der Waals surface area contributed by atoms with Gasteiger partial charge in [-0.15, -0.1) is 0 Å². The van der Waals surface area contributed by atoms with E-state index < -0.39 is 0 Å². The highest BCUT2D eigenvalue weighted by atomic mass is 32.2. The number of aromatic nitrogens is 2. The Kier molecular flexibility index (Phi) is 6.79. The van der Waals surface area contributed by atoms with Crippen LogP contribution < -0.4 is 5.32 Å². The molecule has 0 saturated heterocycles. The molecule has 0 saturated carbocycles. The molecule has 1 rings (SSSR count). The molecule has 3 nitrogen and oxygen atoms in total. The highest BCUT2D eigenvalue weighted by molar-refractivity contribution is 7.99. The fourth-order valence-electron chi connectivity index (χ4n) is 1.85. The van der Waals surface area contributed by atoms with Gasteiger partial charge in [-0.25, -0.2) is 4.98 Å². The van der Waals surface area contributed by atoms with Crippen molar-refractivity contribution in [3.05, 3.63) is 18.7 Å². The molecule has 18 heavy (non-hydrogen) atoms. The van der Waals surface area contributed by atoms with Gasteiger partial charge in [0.05, 0.1) is 6.33 Å². The van der Waals surface area contributed by atoms with Crippen LogP contribution in [0, 0.1) is 5.41 Å². The first-order chi connectivity index (χ1) is 8.54. The fourth-order valence-corrected chi connectivity index (χ4v) is 2.48. The minimum atomic E-state index is 0.266. The normalized spacial score (nSPS) is 13.8. The molecule has 0 radical (unpaired) electrons. The predicted molar refractivity (Wildman–Crippen MR) is 81.1 cm³/mol. The first-order valence-corrected chi connectivity index (χ1v) is 7.96. The quantitative estimate of drug-likeness (QED) is 0.736. The van der Waals surface area contributed by atoms with E-state index in [1.54, 1.807) is 0 Å². The highest BCUT2D eigenvalue weighted by Crippen LogP contribution is 2.20. The van der Waals surface area contributed by atoms with E-state index >= 15 is 0 Å². The van der Waals surface area contributed by atoms with Crippen molar-refractivity contribution >= 4 is 11.8 Å². The van der Waals surface area contributed by atoms with Crippen molar-refractivity contribution in [2.24, 2.45) is 5.41 Å². The van der Waals surface area contributed by atoms with Crippen LogP contribution in [0.15, 0.2) is 18.7 Å². The van der Waals surface area contributed by atoms with Crippen LogP contribution in [0.1, 0.15) is 34.1 Å². The van der Waals surface area contributed by atoms with Gasteiger partial charge in [0.15, 0.2) is 0 Å². The molecular formula is C14H27N3S. The number of nitrogens with one attached hydrogen (secondary N) is 1. The highest BCUT2D eigenvalue weighted by Gasteiger charge is 2.24. The van der Waals surface area contributed by atoms with Crippen molar-refractivity contribution < 1.29 is 0 Å². The third-order valence-electron chi connectivity index (χ3n) is 3.06. The maximum atomic E-state index is 4.11. The van der Waals surface area contributed by atoms with Gasteiger partial charge in [-0.1, -0.05) is 27.7 Å². The number of nitrogens with zero attached hydrogens (tertiary/aromatic N) is 2. The summed E-state index contributed by atoms with van der Waals surface area (Å²) in [5.41, 5.74) is 0.266. The molecule has 4 heteroatoms. The molecule has 1 aromatic heterocycles. The van der Waals surface area contributed by atoms with Crippen LogP contribution in [0.25, 0.3) is 0 Å². The summed E-state index contributed by atoms with van der Waals surface area (Å²) in [6.45, 7) is 11.2. The Morgan fingerprint density at radius 1 is 1.39 bits per heavy atom. The predicted octanol–water partition coefficient (Wildman–Crippen LogP) is 3.03. The van der Waals surface area contributed by atoms with Crippen molar-refractivity contribution in [1.82, 2.24) is 14.9 Å². The van der Waals surface area contributed by atoms with Crippen LogP contribution >= 0.6 is 11.8 Å². The van der Waals surface area contributed by atoms with Crippen molar-refractivity contribution in [3.8, 4) is 0 Å². The van der Waals surface area contributed by atoms with E-state index in [0.29, 0.717) is 6.04 Å². The van der Waals surface area contributed by atoms with Crippen molar-refractivity contribution in [1.29, 1.82) is 0 Å². The van der Waals surface area contributed by atoms with Crippen LogP contribution in [0.3, 0.4) is 0 Å². The molecule has 0 bridgehead atoms. The first kappa shape index (κ1) is 15.6. The third kappa shape index (κ3) is 5.91. The van der Waals surface area contributed by atoms with Crippen molar-refractivity contribution in [3.63, 3.8) is 0 Å². The lowest BCUT2D eigenvalue weighted by Gasteiger charge is -2.32. The second-order valence-electron chi connectivity index (χ2n) is 5.68. The van der Waals surface area contributed by atoms with E-state index in [9.17, 15) is 0 Å². The van der Waals surface area contributed by atoms with E-state index in [-0.39, 0.29) is 5.41 Å². The fraction of sp³-hybridized carbons (Fsp3) is 0.786. The van der Waals surface area contributed by atoms with Gasteiger partial charge in [0.25, 0.3) is 0 Å². The zero-order chi connectivity index (χ0) is 13.4. The topological polar surface area (TPSA) is 29.9 Å². The standard InChI is InChI=1S/C14H27N3S/c1-5-18-10-6-7-16-13(14(2,3)4)11-17-9-8-15-12-17/h8-9,12-13,16H,5-7,10-11H2,1-4H3. The van der Waals surface area contributed by atoms with E-state index in [2.05, 4.69) is 42.6 Å². The van der Waals surface area contributed by atoms with Crippen LogP contribution in [0.2, 0.25) is 0 Å². The Hall–Kier alpha value is -0.480. The maximum Gasteiger partial charge on any atom is 0.0946 e. The zero-order valence-electron chi connectivity index (χ0n) is 12.1. The number of hydrogen-bond acceptors (Lipinski definition) is 3. The van der Waals surface area contributed by atoms with Gasteiger partial charge in [-0.3, -0.25) is 0 Å². The molecule has 0 aliphatic rings. The SMILES string of the molecule is CCSCCCNC(Cn1ccnc1)C(C)(C)C. The molecule has 0 fully saturated rings. The van der Waals surface area contributed by atoms with Gasteiger partial charge in [0.2, 0.25) is 0 Å². The summed E-state index contributed by atoms with van der Waals surface area (Å²) in [4.78, 5) is 4.11. The molecule has 1 N–H and O–H groups in total. The Balaban J connectivity index is 2.37. The average Bonchev–Trinajstić information content (AvgIpc) is 2.78. The molecule has 0 spiro atoms. The molecule has 0 aromatic carbocycles. The molecule has 1 atom stereocenters. The van der Waals surface area contributed by atoms with E-state index in [1.165, 1.54) is 17.9 Å². The maximum absolute atomic E-state index is 4.11. The monoisotopic (exact) mass is 269 g/mol. The van der Waals surface area contributed by atoms with Gasteiger partial charge in [-0.05, 0) is 29.9 Å². The molecule has 1 aromatic rings. The number of rotatable bonds is 8. The van der Waals surface area contributed by atoms with E-state index in [1.807, 2.05) is 30.5 Å². The molecule has 0 amide bonds. The molecular weight excluding hydrogens is 242 g/mol. The number of imidazole rings is 1. The van der Waals surface area contributed by atoms with Crippen molar-refractivity contribution in [2.45, 2.75) is 46.7 Å². The summed E-state index contributed by atoms with van der Waals surface area (Å²) in [5, 5.41) is 3.69. The number of thioether (sulfide) groups is 1. The molecule has 1 unspecified atom stereocenters. The Morgan fingerprint density at radius 3 is 2.72 bits per heavy atom. The summed E-state index contributed by atoms with van der Waals surface area (Å²) >= 11 is 2.02. The molecule has 104 valence electrons. The Bertz CT molecular complexity index is 303. The summed E-state index contributed by atoms with van der Waals surface area (Å²) in [5.74, 6) is 2.48. The minimum Gasteiger partial charge on any atom is -0.336 e. The minimum absolute atomic E-state index is 0.266. The van der Waals surface area contributed by atoms with Gasteiger partial charge >= 0.3 is 0 Å². The van der Waals surface area contributed by atoms with Crippen LogP contribution in [-0.4, -0.2) is 33.6 Å². The lowest BCUT2D eigenvalue weighted by atomic mass is 9.86. The van der Waals surface area contributed by atoms with Crippen molar-refractivity contribution in [2.75, 3.05) is 18.1 Å². The summed E-state index contributed by atoms with van der Waals surface area (Å²) in [6.07, 6.45) is 7.02. The second-order valence-corrected chi connectivity index (χ2v) is 7.08. The Labute approximate surface area is 116 Å². The van der Waals surface area contributed by atoms with Crippen LogP contribution in [0.4, 0.5) is 0 Å². The van der Waals surface area contributed by atoms with Gasteiger partial charge in [-0.2, -0.15) is 11.8 Å². The van der Waals surface area contributed by atoms with E-state index in [0.717, 1.165) is 13.1 Å². The number of hydrogen-bond donors (Lipinski definition) is 1. The molecule has 0 aliphatic heterocycles. The van der Waals surface area contributed by atoms with Crippen LogP contribution in [0.5, 0.6) is 0 Å². The summed E-state index contributed by atoms with van der Waals surface area (Å²) in [7, 11) is 0. The summed E-state index contributed by atoms with van der Waals surface area (Å²) < 4.78 is 2.16. The smallest absolute Gasteiger partial charge is 0.0946 e. The molecule has 0 aliphatic carbocycles. The van der Waals surface area contributed by atoms with Gasteiger partial charge < -0.3 is 9.88 Å². The van der Waals surface area contributed by atoms with Crippen LogP contribution in [-0.2, 0) is 6.54 Å². The second kappa shape index (κ2) is 7.85. The van der Waals surface area contributed by atoms with E-state index in [4.69, 9.17) is 0 Å². The largest absolute Gasteiger partial charge is 0.336 e. The third-order valence-corrected chi connectivity index (χ3v) is 4.04. The Morgan fingerprint density at radius 2 is 2.17 bits per heavy atom. The lowest BCUT2D eigenvalue weighted by molar-refractivity contribution is 0.242. The zero-order valence-corrected chi connectivity index (χ0v) is 13.0. The first-order valence-electron chi connectivity index (χ1n) is 6.81. The lowest BCUT2D eigenvalue weighted by Crippen LogP contribution is -2.43. The summed E-state index contributed by atoms with van der Waals surface area (Å²) in [6, 6.07) is 0.485.